The third-order valence-electron chi connectivity index (χ3n) is 5.43. The number of amides is 1. The molecule has 0 spiro atoms. The molecule has 0 radical (unpaired) electrons. The zero-order valence-corrected chi connectivity index (χ0v) is 16.9. The van der Waals surface area contributed by atoms with Crippen LogP contribution in [-0.2, 0) is 0 Å². The molecule has 2 atom stereocenters. The lowest BCUT2D eigenvalue weighted by molar-refractivity contribution is -0.274. The van der Waals surface area contributed by atoms with Gasteiger partial charge < -0.3 is 24.3 Å². The average Bonchev–Trinajstić information content (AvgIpc) is 3.50. The number of aliphatic hydroxyl groups is 1. The smallest absolute Gasteiger partial charge is 0.406 e. The van der Waals surface area contributed by atoms with E-state index in [0.717, 1.165) is 23.0 Å². The normalized spacial score (nSPS) is 18.7. The number of para-hydroxylation sites is 1. The van der Waals surface area contributed by atoms with Gasteiger partial charge in [0.05, 0.1) is 11.7 Å². The van der Waals surface area contributed by atoms with Crippen molar-refractivity contribution in [1.29, 1.82) is 0 Å². The molecule has 1 aliphatic rings. The third-order valence-corrected chi connectivity index (χ3v) is 5.43. The van der Waals surface area contributed by atoms with Crippen LogP contribution in [0.15, 0.2) is 59.3 Å². The van der Waals surface area contributed by atoms with Crippen molar-refractivity contribution in [2.45, 2.75) is 24.9 Å². The lowest BCUT2D eigenvalue weighted by Crippen LogP contribution is -2.31. The van der Waals surface area contributed by atoms with Crippen molar-refractivity contribution in [3.8, 4) is 17.1 Å². The van der Waals surface area contributed by atoms with Crippen LogP contribution in [0.25, 0.3) is 22.3 Å². The van der Waals surface area contributed by atoms with Gasteiger partial charge in [0.25, 0.3) is 5.91 Å². The minimum absolute atomic E-state index is 0.101. The summed E-state index contributed by atoms with van der Waals surface area (Å²) >= 11 is 0. The minimum Gasteiger partial charge on any atom is -0.406 e. The number of ether oxygens (including phenoxy) is 1. The van der Waals surface area contributed by atoms with E-state index in [2.05, 4.69) is 19.9 Å². The number of likely N-dealkylation sites (tertiary alicyclic amines) is 1. The van der Waals surface area contributed by atoms with Crippen molar-refractivity contribution in [1.82, 2.24) is 20.0 Å². The van der Waals surface area contributed by atoms with Crippen LogP contribution in [0.3, 0.4) is 0 Å². The molecular weight excluding hydrogens is 441 g/mol. The van der Waals surface area contributed by atoms with Gasteiger partial charge in [-0.05, 0) is 30.3 Å². The molecule has 1 amide bonds. The second-order valence-electron chi connectivity index (χ2n) is 7.64. The molecule has 11 heteroatoms. The molecule has 2 aromatic carbocycles. The highest BCUT2D eigenvalue weighted by Gasteiger charge is 2.40. The van der Waals surface area contributed by atoms with E-state index in [1.165, 1.54) is 17.0 Å². The van der Waals surface area contributed by atoms with Crippen molar-refractivity contribution < 1.29 is 32.3 Å². The summed E-state index contributed by atoms with van der Waals surface area (Å²) in [5, 5.41) is 14.9. The van der Waals surface area contributed by atoms with E-state index in [4.69, 9.17) is 4.52 Å². The quantitative estimate of drug-likeness (QED) is 0.478. The molecule has 4 aromatic rings. The van der Waals surface area contributed by atoms with Crippen molar-refractivity contribution >= 4 is 16.8 Å². The molecule has 8 nitrogen and oxygen atoms in total. The molecular formula is C22H17F3N4O4. The molecule has 2 N–H and O–H groups in total. The van der Waals surface area contributed by atoms with Gasteiger partial charge in [0.1, 0.15) is 11.8 Å². The van der Waals surface area contributed by atoms with Crippen LogP contribution in [0.2, 0.25) is 0 Å². The zero-order valence-electron chi connectivity index (χ0n) is 16.9. The zero-order chi connectivity index (χ0) is 23.2. The number of β-amino-alcohol motifs (C(OH)–C–C–N with tert-alkyl or cyclic N) is 1. The van der Waals surface area contributed by atoms with Crippen molar-refractivity contribution in [3.63, 3.8) is 0 Å². The molecule has 1 aliphatic heterocycles. The fourth-order valence-corrected chi connectivity index (χ4v) is 3.97. The Hall–Kier alpha value is -3.86. The molecule has 1 unspecified atom stereocenters. The Morgan fingerprint density at radius 1 is 1.18 bits per heavy atom. The number of hydrogen-bond acceptors (Lipinski definition) is 6. The number of fused-ring (bicyclic) bond motifs is 1. The van der Waals surface area contributed by atoms with Gasteiger partial charge in [0.15, 0.2) is 0 Å². The maximum atomic E-state index is 13.3. The molecule has 170 valence electrons. The Morgan fingerprint density at radius 3 is 2.70 bits per heavy atom. The number of benzene rings is 2. The van der Waals surface area contributed by atoms with E-state index in [1.807, 2.05) is 24.3 Å². The molecule has 33 heavy (non-hydrogen) atoms. The molecule has 0 saturated carbocycles. The first kappa shape index (κ1) is 21.0. The third kappa shape index (κ3) is 4.14. The van der Waals surface area contributed by atoms with E-state index in [1.54, 1.807) is 6.20 Å². The van der Waals surface area contributed by atoms with Crippen LogP contribution >= 0.6 is 0 Å². The van der Waals surface area contributed by atoms with Gasteiger partial charge >= 0.3 is 6.36 Å². The summed E-state index contributed by atoms with van der Waals surface area (Å²) in [6, 6.07) is 11.8. The number of aliphatic hydroxyl groups excluding tert-OH is 1. The average molecular weight is 458 g/mol. The number of alkyl halides is 3. The van der Waals surface area contributed by atoms with E-state index in [-0.39, 0.29) is 36.3 Å². The second kappa shape index (κ2) is 7.93. The predicted molar refractivity (Wildman–Crippen MR) is 109 cm³/mol. The van der Waals surface area contributed by atoms with Crippen LogP contribution in [0.4, 0.5) is 13.2 Å². The second-order valence-corrected chi connectivity index (χ2v) is 7.64. The SMILES string of the molecule is O=C(c1c[nH]c2ccccc12)N1CC(O)C[C@H]1c1nc(-c2ccc(OC(F)(F)F)cc2)no1. The number of carbonyl (C=O) groups excluding carboxylic acids is 1. The van der Waals surface area contributed by atoms with Gasteiger partial charge in [-0.2, -0.15) is 4.98 Å². The summed E-state index contributed by atoms with van der Waals surface area (Å²) in [6.07, 6.45) is -3.71. The van der Waals surface area contributed by atoms with Gasteiger partial charge in [0.2, 0.25) is 11.7 Å². The predicted octanol–water partition coefficient (Wildman–Crippen LogP) is 4.06. The Balaban J connectivity index is 1.39. The Morgan fingerprint density at radius 2 is 1.94 bits per heavy atom. The van der Waals surface area contributed by atoms with Crippen LogP contribution in [-0.4, -0.2) is 50.0 Å². The van der Waals surface area contributed by atoms with Crippen molar-refractivity contribution in [2.75, 3.05) is 6.54 Å². The molecule has 1 saturated heterocycles. The lowest BCUT2D eigenvalue weighted by atomic mass is 10.1. The first-order chi connectivity index (χ1) is 15.8. The van der Waals surface area contributed by atoms with E-state index >= 15 is 0 Å². The lowest BCUT2D eigenvalue weighted by Gasteiger charge is -2.21. The summed E-state index contributed by atoms with van der Waals surface area (Å²) in [6.45, 7) is 0.101. The maximum Gasteiger partial charge on any atom is 0.573 e. The molecule has 0 aliphatic carbocycles. The van der Waals surface area contributed by atoms with Crippen LogP contribution in [0.5, 0.6) is 5.75 Å². The Kier molecular flexibility index (Phi) is 5.05. The van der Waals surface area contributed by atoms with Crippen LogP contribution < -0.4 is 4.74 Å². The number of hydrogen-bond donors (Lipinski definition) is 2. The number of aromatic amines is 1. The number of carbonyl (C=O) groups is 1. The number of nitrogens with zero attached hydrogens (tertiary/aromatic N) is 3. The van der Waals surface area contributed by atoms with E-state index < -0.39 is 18.5 Å². The molecule has 2 aromatic heterocycles. The highest BCUT2D eigenvalue weighted by molar-refractivity contribution is 6.06. The monoisotopic (exact) mass is 458 g/mol. The van der Waals surface area contributed by atoms with Gasteiger partial charge in [-0.3, -0.25) is 4.79 Å². The molecule has 3 heterocycles. The summed E-state index contributed by atoms with van der Waals surface area (Å²) in [5.41, 5.74) is 1.69. The maximum absolute atomic E-state index is 13.3. The Bertz CT molecular complexity index is 1300. The van der Waals surface area contributed by atoms with E-state index in [0.29, 0.717) is 11.1 Å². The number of rotatable bonds is 4. The highest BCUT2D eigenvalue weighted by atomic mass is 19.4. The number of nitrogens with one attached hydrogen (secondary N) is 1. The van der Waals surface area contributed by atoms with Crippen molar-refractivity contribution in [3.05, 3.63) is 66.2 Å². The fraction of sp³-hybridized carbons (Fsp3) is 0.227. The molecule has 1 fully saturated rings. The standard InChI is InChI=1S/C22H17F3N4O4/c23-22(24,25)32-14-7-5-12(6-8-14)19-27-20(33-28-19)18-9-13(30)11-29(18)21(31)16-10-26-17-4-2-1-3-15(16)17/h1-8,10,13,18,26,30H,9,11H2/t13?,18-/m0/s1. The van der Waals surface area contributed by atoms with Crippen LogP contribution in [0, 0.1) is 0 Å². The summed E-state index contributed by atoms with van der Waals surface area (Å²) in [7, 11) is 0. The largest absolute Gasteiger partial charge is 0.573 e. The van der Waals surface area contributed by atoms with Crippen molar-refractivity contribution in [2.24, 2.45) is 0 Å². The van der Waals surface area contributed by atoms with E-state index in [9.17, 15) is 23.1 Å². The fourth-order valence-electron chi connectivity index (χ4n) is 3.97. The van der Waals surface area contributed by atoms with Gasteiger partial charge in [0, 0.05) is 35.6 Å². The first-order valence-electron chi connectivity index (χ1n) is 10.0. The Labute approximate surface area is 184 Å². The van der Waals surface area contributed by atoms with Gasteiger partial charge in [-0.25, -0.2) is 0 Å². The summed E-state index contributed by atoms with van der Waals surface area (Å²) in [4.78, 5) is 22.1. The number of halogens is 3. The highest BCUT2D eigenvalue weighted by Crippen LogP contribution is 2.35. The number of aromatic nitrogens is 3. The van der Waals surface area contributed by atoms with Gasteiger partial charge in [-0.15, -0.1) is 13.2 Å². The molecule has 0 bridgehead atoms. The number of H-pyrrole nitrogens is 1. The summed E-state index contributed by atoms with van der Waals surface area (Å²) < 4.78 is 46.3. The first-order valence-corrected chi connectivity index (χ1v) is 10.0. The topological polar surface area (TPSA) is 104 Å². The van der Waals surface area contributed by atoms with Gasteiger partial charge in [-0.1, -0.05) is 23.4 Å². The molecule has 5 rings (SSSR count). The minimum atomic E-state index is -4.79. The summed E-state index contributed by atoms with van der Waals surface area (Å²) in [5.74, 6) is -0.387. The van der Waals surface area contributed by atoms with Crippen LogP contribution in [0.1, 0.15) is 28.7 Å².